The van der Waals surface area contributed by atoms with Crippen LogP contribution in [-0.2, 0) is 11.2 Å². The molecule has 7 heteroatoms. The molecule has 2 atom stereocenters. The second kappa shape index (κ2) is 8.19. The van der Waals surface area contributed by atoms with Gasteiger partial charge in [0.1, 0.15) is 11.8 Å². The van der Waals surface area contributed by atoms with Crippen molar-refractivity contribution < 1.29 is 19.1 Å². The highest BCUT2D eigenvalue weighted by Gasteiger charge is 2.37. The lowest BCUT2D eigenvalue weighted by Gasteiger charge is -2.22. The highest BCUT2D eigenvalue weighted by Crippen LogP contribution is 2.38. The number of imidazole rings is 1. The van der Waals surface area contributed by atoms with Gasteiger partial charge in [-0.25, -0.2) is 9.78 Å². The molecule has 160 valence electrons. The number of aldehydes is 1. The molecule has 0 radical (unpaired) electrons. The molecule has 2 aromatic heterocycles. The van der Waals surface area contributed by atoms with Gasteiger partial charge in [0.05, 0.1) is 5.69 Å². The second-order valence-corrected chi connectivity index (χ2v) is 7.64. The number of nitrogens with zero attached hydrogens (tertiary/aromatic N) is 2. The summed E-state index contributed by atoms with van der Waals surface area (Å²) < 4.78 is 13.9. The molecule has 2 unspecified atom stereocenters. The third-order valence-electron chi connectivity index (χ3n) is 5.60. The molecule has 4 aromatic rings. The fourth-order valence-corrected chi connectivity index (χ4v) is 4.12. The van der Waals surface area contributed by atoms with Gasteiger partial charge in [0.15, 0.2) is 23.8 Å². The van der Waals surface area contributed by atoms with Crippen molar-refractivity contribution in [3.63, 3.8) is 0 Å². The minimum absolute atomic E-state index is 0.479. The van der Waals surface area contributed by atoms with E-state index in [0.717, 1.165) is 17.4 Å². The maximum Gasteiger partial charge on any atom is 0.412 e. The molecule has 0 bridgehead atoms. The van der Waals surface area contributed by atoms with Gasteiger partial charge in [0.25, 0.3) is 0 Å². The Bertz CT molecular complexity index is 1300. The highest BCUT2D eigenvalue weighted by molar-refractivity contribution is 5.84. The van der Waals surface area contributed by atoms with E-state index in [9.17, 15) is 9.59 Å². The molecule has 0 saturated heterocycles. The minimum Gasteiger partial charge on any atom is -0.478 e. The second-order valence-electron chi connectivity index (χ2n) is 7.64. The number of rotatable bonds is 5. The number of para-hydroxylation sites is 1. The third-order valence-corrected chi connectivity index (χ3v) is 5.60. The zero-order chi connectivity index (χ0) is 22.1. The summed E-state index contributed by atoms with van der Waals surface area (Å²) in [5.74, 6) is 0.516. The summed E-state index contributed by atoms with van der Waals surface area (Å²) in [6.07, 6.45) is 1.54. The number of carbonyl (C=O) groups is 2. The maximum absolute atomic E-state index is 12.6. The molecule has 0 saturated carbocycles. The van der Waals surface area contributed by atoms with Gasteiger partial charge in [0.2, 0.25) is 0 Å². The molecule has 5 rings (SSSR count). The van der Waals surface area contributed by atoms with Crippen LogP contribution in [-0.4, -0.2) is 27.9 Å². The Kier molecular flexibility index (Phi) is 5.07. The Balaban J connectivity index is 1.44. The predicted molar refractivity (Wildman–Crippen MR) is 119 cm³/mol. The first-order chi connectivity index (χ1) is 15.6. The first-order valence-electron chi connectivity index (χ1n) is 10.3. The number of benzene rings is 2. The summed E-state index contributed by atoms with van der Waals surface area (Å²) in [5, 5.41) is 2.76. The normalized spacial score (nSPS) is 17.0. The summed E-state index contributed by atoms with van der Waals surface area (Å²) in [6, 6.07) is 20.6. The number of fused-ring (bicyclic) bond motifs is 2. The molecule has 1 N–H and O–H groups in total. The fraction of sp³-hybridized carbons (Fsp3) is 0.160. The van der Waals surface area contributed by atoms with E-state index in [0.29, 0.717) is 34.9 Å². The van der Waals surface area contributed by atoms with Crippen molar-refractivity contribution in [1.29, 1.82) is 0 Å². The van der Waals surface area contributed by atoms with Crippen LogP contribution in [0.4, 0.5) is 10.5 Å². The van der Waals surface area contributed by atoms with E-state index in [2.05, 4.69) is 10.3 Å². The number of hydrogen-bond donors (Lipinski definition) is 1. The molecular formula is C25H21N3O4. The topological polar surface area (TPSA) is 81.9 Å². The molecule has 2 aromatic carbocycles. The maximum atomic E-state index is 12.6. The number of anilines is 1. The summed E-state index contributed by atoms with van der Waals surface area (Å²) in [4.78, 5) is 28.6. The van der Waals surface area contributed by atoms with E-state index < -0.39 is 18.3 Å². The first-order valence-corrected chi connectivity index (χ1v) is 10.3. The van der Waals surface area contributed by atoms with E-state index in [1.165, 1.54) is 0 Å². The zero-order valence-corrected chi connectivity index (χ0v) is 17.4. The number of aryl methyl sites for hydroxylation is 1. The van der Waals surface area contributed by atoms with Crippen LogP contribution >= 0.6 is 0 Å². The monoisotopic (exact) mass is 427 g/mol. The smallest absolute Gasteiger partial charge is 0.412 e. The molecular weight excluding hydrogens is 406 g/mol. The standard InChI is InChI=1S/C25H21N3O4/c1-16-20(15-29)28-13-7-12-21(24(28)26-16)31-23-19-11-6-5-8-17(19)14-22(23)32-25(30)27-18-9-3-2-4-10-18/h2-13,15,22-23H,14H2,1H3,(H,27,30). The quantitative estimate of drug-likeness (QED) is 0.465. The average Bonchev–Trinajstić information content (AvgIpc) is 3.31. The average molecular weight is 427 g/mol. The van der Waals surface area contributed by atoms with E-state index in [-0.39, 0.29) is 0 Å². The summed E-state index contributed by atoms with van der Waals surface area (Å²) in [7, 11) is 0. The van der Waals surface area contributed by atoms with Crippen molar-refractivity contribution in [3.05, 3.63) is 95.4 Å². The molecule has 1 aliphatic carbocycles. The fourth-order valence-electron chi connectivity index (χ4n) is 4.12. The van der Waals surface area contributed by atoms with Crippen molar-refractivity contribution >= 4 is 23.7 Å². The van der Waals surface area contributed by atoms with Crippen LogP contribution in [0, 0.1) is 6.92 Å². The lowest BCUT2D eigenvalue weighted by atomic mass is 10.1. The Labute approximate surface area is 184 Å². The van der Waals surface area contributed by atoms with Crippen LogP contribution in [0.3, 0.4) is 0 Å². The van der Waals surface area contributed by atoms with Gasteiger partial charge in [-0.15, -0.1) is 0 Å². The largest absolute Gasteiger partial charge is 0.478 e. The molecule has 7 nitrogen and oxygen atoms in total. The van der Waals surface area contributed by atoms with E-state index in [1.807, 2.05) is 42.5 Å². The van der Waals surface area contributed by atoms with Gasteiger partial charge in [-0.05, 0) is 42.3 Å². The van der Waals surface area contributed by atoms with Gasteiger partial charge in [-0.2, -0.15) is 0 Å². The third kappa shape index (κ3) is 3.58. The molecule has 2 heterocycles. The number of nitrogens with one attached hydrogen (secondary N) is 1. The van der Waals surface area contributed by atoms with E-state index in [1.54, 1.807) is 41.8 Å². The van der Waals surface area contributed by atoms with Crippen LogP contribution in [0.15, 0.2) is 72.9 Å². The lowest BCUT2D eigenvalue weighted by Crippen LogP contribution is -2.28. The Morgan fingerprint density at radius 3 is 2.69 bits per heavy atom. The van der Waals surface area contributed by atoms with Gasteiger partial charge in [0, 0.05) is 18.3 Å². The van der Waals surface area contributed by atoms with Gasteiger partial charge >= 0.3 is 6.09 Å². The summed E-state index contributed by atoms with van der Waals surface area (Å²) in [5.41, 5.74) is 4.33. The number of aromatic nitrogens is 2. The number of ether oxygens (including phenoxy) is 2. The van der Waals surface area contributed by atoms with Crippen molar-refractivity contribution in [2.24, 2.45) is 0 Å². The highest BCUT2D eigenvalue weighted by atomic mass is 16.6. The number of pyridine rings is 1. The van der Waals surface area contributed by atoms with Crippen molar-refractivity contribution in [2.45, 2.75) is 25.6 Å². The minimum atomic E-state index is -0.541. The summed E-state index contributed by atoms with van der Waals surface area (Å²) >= 11 is 0. The van der Waals surface area contributed by atoms with Crippen LogP contribution in [0.25, 0.3) is 5.65 Å². The first kappa shape index (κ1) is 19.8. The van der Waals surface area contributed by atoms with Crippen LogP contribution in [0.2, 0.25) is 0 Å². The Morgan fingerprint density at radius 2 is 1.88 bits per heavy atom. The molecule has 32 heavy (non-hydrogen) atoms. The Hall–Kier alpha value is -4.13. The van der Waals surface area contributed by atoms with Crippen molar-refractivity contribution in [2.75, 3.05) is 5.32 Å². The van der Waals surface area contributed by atoms with Gasteiger partial charge < -0.3 is 9.47 Å². The van der Waals surface area contributed by atoms with Crippen molar-refractivity contribution in [1.82, 2.24) is 9.38 Å². The molecule has 0 spiro atoms. The van der Waals surface area contributed by atoms with Gasteiger partial charge in [-0.3, -0.25) is 14.5 Å². The number of amides is 1. The Morgan fingerprint density at radius 1 is 1.09 bits per heavy atom. The van der Waals surface area contributed by atoms with Crippen LogP contribution in [0.1, 0.15) is 33.4 Å². The lowest BCUT2D eigenvalue weighted by molar-refractivity contribution is 0.0333. The molecule has 1 amide bonds. The molecule has 1 aliphatic rings. The predicted octanol–water partition coefficient (Wildman–Crippen LogP) is 4.75. The van der Waals surface area contributed by atoms with E-state index in [4.69, 9.17) is 9.47 Å². The SMILES string of the molecule is Cc1nc2c(OC3c4ccccc4CC3OC(=O)Nc3ccccc3)cccn2c1C=O. The molecule has 0 fully saturated rings. The molecule has 0 aliphatic heterocycles. The zero-order valence-electron chi connectivity index (χ0n) is 17.4. The summed E-state index contributed by atoms with van der Waals surface area (Å²) in [6.45, 7) is 1.78. The number of carbonyl (C=O) groups excluding carboxylic acids is 2. The van der Waals surface area contributed by atoms with Crippen LogP contribution < -0.4 is 10.1 Å². The van der Waals surface area contributed by atoms with E-state index >= 15 is 0 Å². The van der Waals surface area contributed by atoms with Crippen LogP contribution in [0.5, 0.6) is 5.75 Å². The van der Waals surface area contributed by atoms with Crippen molar-refractivity contribution in [3.8, 4) is 5.75 Å². The van der Waals surface area contributed by atoms with Gasteiger partial charge in [-0.1, -0.05) is 42.5 Å². The number of hydrogen-bond acceptors (Lipinski definition) is 5.